The van der Waals surface area contributed by atoms with Crippen molar-refractivity contribution in [3.05, 3.63) is 0 Å². The Hall–Kier alpha value is -5.09. The zero-order valence-electron chi connectivity index (χ0n) is 43.5. The van der Waals surface area contributed by atoms with E-state index >= 15 is 0 Å². The van der Waals surface area contributed by atoms with Crippen LogP contribution in [0, 0.1) is 0 Å². The number of hydrogen-bond donors (Lipinski definition) is 2. The fraction of sp³-hybridized carbons (Fsp3) is 0.816. The topological polar surface area (TPSA) is 279 Å². The van der Waals surface area contributed by atoms with E-state index in [-0.39, 0.29) is 6.42 Å². The number of hydrogen-bond acceptors (Lipinski definition) is 20. The molecule has 0 bridgehead atoms. The molecule has 0 spiro atoms. The molecule has 22 nitrogen and oxygen atoms in total. The van der Waals surface area contributed by atoms with Gasteiger partial charge in [0, 0.05) is 48.5 Å². The fourth-order valence-corrected chi connectivity index (χ4v) is 8.13. The maximum absolute atomic E-state index is 14.3. The summed E-state index contributed by atoms with van der Waals surface area (Å²) >= 11 is 0. The second-order valence-corrected chi connectivity index (χ2v) is 18.8. The van der Waals surface area contributed by atoms with Crippen molar-refractivity contribution in [3.63, 3.8) is 0 Å². The number of alkyl carbamates (subject to hydrolysis) is 1. The Morgan fingerprint density at radius 1 is 0.479 bits per heavy atom. The Labute approximate surface area is 417 Å². The zero-order valence-corrected chi connectivity index (χ0v) is 43.5. The number of ether oxygens (including phenoxy) is 11. The van der Waals surface area contributed by atoms with Crippen LogP contribution >= 0.6 is 0 Å². The minimum atomic E-state index is -1.89. The summed E-state index contributed by atoms with van der Waals surface area (Å²) in [4.78, 5) is 115. The van der Waals surface area contributed by atoms with E-state index < -0.39 is 140 Å². The molecular weight excluding hydrogens is 937 g/mol. The molecule has 2 amide bonds. The van der Waals surface area contributed by atoms with Gasteiger partial charge >= 0.3 is 47.9 Å². The molecule has 71 heavy (non-hydrogen) atoms. The summed E-state index contributed by atoms with van der Waals surface area (Å²) in [5.41, 5.74) is -0.917. The third kappa shape index (κ3) is 24.7. The van der Waals surface area contributed by atoms with E-state index in [1.807, 2.05) is 0 Å². The average molecular weight is 1020 g/mol. The lowest BCUT2D eigenvalue weighted by atomic mass is 9.95. The third-order valence-electron chi connectivity index (χ3n) is 11.1. The minimum absolute atomic E-state index is 0.160. The van der Waals surface area contributed by atoms with Crippen molar-refractivity contribution in [1.29, 1.82) is 0 Å². The van der Waals surface area contributed by atoms with Crippen LogP contribution in [-0.2, 0) is 90.5 Å². The maximum atomic E-state index is 14.3. The fourth-order valence-electron chi connectivity index (χ4n) is 8.13. The van der Waals surface area contributed by atoms with Crippen LogP contribution in [0.3, 0.4) is 0 Å². The van der Waals surface area contributed by atoms with Gasteiger partial charge in [0.15, 0.2) is 43.0 Å². The molecule has 2 fully saturated rings. The van der Waals surface area contributed by atoms with E-state index in [9.17, 15) is 43.2 Å². The summed E-state index contributed by atoms with van der Waals surface area (Å²) in [7, 11) is 0. The number of nitrogens with one attached hydrogen (secondary N) is 2. The molecule has 2 heterocycles. The van der Waals surface area contributed by atoms with E-state index in [0.717, 1.165) is 80.6 Å². The van der Waals surface area contributed by atoms with Crippen molar-refractivity contribution in [2.24, 2.45) is 0 Å². The largest absolute Gasteiger partial charge is 0.463 e. The highest BCUT2D eigenvalue weighted by Gasteiger charge is 2.57. The molecule has 0 radical (unpaired) electrons. The molecule has 2 N–H and O–H groups in total. The summed E-state index contributed by atoms with van der Waals surface area (Å²) in [6, 6.07) is -1.21. The molecule has 2 rings (SSSR count). The summed E-state index contributed by atoms with van der Waals surface area (Å²) in [5.74, 6) is -7.06. The van der Waals surface area contributed by atoms with Gasteiger partial charge in [0.05, 0.1) is 0 Å². The summed E-state index contributed by atoms with van der Waals surface area (Å²) in [6.07, 6.45) is -2.08. The lowest BCUT2D eigenvalue weighted by Crippen LogP contribution is -2.69. The summed E-state index contributed by atoms with van der Waals surface area (Å²) in [5, 5.41) is 5.28. The Bertz CT molecular complexity index is 1740. The molecule has 0 aromatic rings. The van der Waals surface area contributed by atoms with Crippen LogP contribution in [0.25, 0.3) is 0 Å². The Morgan fingerprint density at radius 3 is 1.31 bits per heavy atom. The first kappa shape index (κ1) is 62.0. The van der Waals surface area contributed by atoms with Gasteiger partial charge in [-0.05, 0) is 27.2 Å². The SMILES string of the molecule is CCCCCCCCCCCCCCCC[C@H](NC(=O)OC(C)(C)C)C(=O)N[C@@H]1O[C@H](COC(C)=O)[C@@H](O[C@H]2O[C@H](COC(C)=O)[C@@H](OC(C)=O)[C@H](OC(C)=O)[C@H]2OC(C)=O)[C@H](OC(C)=O)[C@H]1OC(C)=O. The molecule has 0 aromatic heterocycles. The Kier molecular flexibility index (Phi) is 28.0. The van der Waals surface area contributed by atoms with Gasteiger partial charge in [0.1, 0.15) is 43.2 Å². The molecule has 0 unspecified atom stereocenters. The third-order valence-corrected chi connectivity index (χ3v) is 11.1. The lowest BCUT2D eigenvalue weighted by molar-refractivity contribution is -0.345. The normalized spacial score (nSPS) is 24.5. The van der Waals surface area contributed by atoms with Crippen LogP contribution in [0.1, 0.15) is 172 Å². The van der Waals surface area contributed by atoms with Crippen LogP contribution in [0.2, 0.25) is 0 Å². The maximum Gasteiger partial charge on any atom is 0.408 e. The van der Waals surface area contributed by atoms with Crippen LogP contribution in [0.4, 0.5) is 4.79 Å². The van der Waals surface area contributed by atoms with E-state index in [1.165, 1.54) is 51.4 Å². The van der Waals surface area contributed by atoms with Crippen molar-refractivity contribution >= 4 is 53.8 Å². The van der Waals surface area contributed by atoms with Crippen molar-refractivity contribution in [2.45, 2.75) is 245 Å². The van der Waals surface area contributed by atoms with Crippen LogP contribution in [0.5, 0.6) is 0 Å². The van der Waals surface area contributed by atoms with Gasteiger partial charge in [-0.2, -0.15) is 0 Å². The molecule has 2 aliphatic heterocycles. The van der Waals surface area contributed by atoms with Crippen molar-refractivity contribution in [1.82, 2.24) is 10.6 Å². The first-order valence-corrected chi connectivity index (χ1v) is 24.8. The molecule has 0 aromatic carbocycles. The van der Waals surface area contributed by atoms with Gasteiger partial charge < -0.3 is 62.7 Å². The van der Waals surface area contributed by atoms with Gasteiger partial charge in [0.2, 0.25) is 5.91 Å². The molecule has 11 atom stereocenters. The predicted molar refractivity (Wildman–Crippen MR) is 249 cm³/mol. The first-order chi connectivity index (χ1) is 33.4. The molecule has 0 aliphatic carbocycles. The lowest BCUT2D eigenvalue weighted by Gasteiger charge is -2.49. The average Bonchev–Trinajstić information content (AvgIpc) is 3.24. The standard InChI is InChI=1S/C49H80N2O20/c1-12-13-14-15-16-17-18-19-20-21-22-23-24-25-26-36(50-48(60)71-49(9,10)11)45(59)51-46-43(66-34(7)57)41(64-32(5)55)40(37(68-46)27-61-29(2)52)70-47-44(67-35(8)58)42(65-33(6)56)39(63-31(4)54)38(69-47)28-62-30(3)53/h36-44,46-47H,12-28H2,1-11H3,(H,50,60)(H,51,59)/t36-,37+,38+,39+,40+,41-,42-,43+,44+,46+,47+/m0/s1. The molecule has 22 heteroatoms. The molecule has 2 saturated heterocycles. The zero-order chi connectivity index (χ0) is 53.3. The summed E-state index contributed by atoms with van der Waals surface area (Å²) < 4.78 is 62.8. The Balaban J connectivity index is 2.52. The van der Waals surface area contributed by atoms with Gasteiger partial charge in [0.25, 0.3) is 0 Å². The van der Waals surface area contributed by atoms with Crippen molar-refractivity contribution < 1.29 is 95.3 Å². The van der Waals surface area contributed by atoms with Crippen molar-refractivity contribution in [2.75, 3.05) is 13.2 Å². The minimum Gasteiger partial charge on any atom is -0.463 e. The van der Waals surface area contributed by atoms with Gasteiger partial charge in [-0.1, -0.05) is 96.8 Å². The van der Waals surface area contributed by atoms with Crippen LogP contribution in [0.15, 0.2) is 0 Å². The summed E-state index contributed by atoms with van der Waals surface area (Å²) in [6.45, 7) is 13.2. The number of amides is 2. The monoisotopic (exact) mass is 1020 g/mol. The van der Waals surface area contributed by atoms with Gasteiger partial charge in [-0.25, -0.2) is 4.79 Å². The number of carbonyl (C=O) groups is 9. The number of unbranched alkanes of at least 4 members (excludes halogenated alkanes) is 13. The quantitative estimate of drug-likeness (QED) is 0.0532. The molecule has 0 saturated carbocycles. The first-order valence-electron chi connectivity index (χ1n) is 24.8. The predicted octanol–water partition coefficient (Wildman–Crippen LogP) is 5.49. The van der Waals surface area contributed by atoms with Crippen LogP contribution < -0.4 is 10.6 Å². The Morgan fingerprint density at radius 2 is 0.873 bits per heavy atom. The van der Waals surface area contributed by atoms with E-state index in [1.54, 1.807) is 20.8 Å². The van der Waals surface area contributed by atoms with Gasteiger partial charge in [-0.3, -0.25) is 38.4 Å². The highest BCUT2D eigenvalue weighted by atomic mass is 16.8. The van der Waals surface area contributed by atoms with E-state index in [0.29, 0.717) is 6.42 Å². The van der Waals surface area contributed by atoms with Gasteiger partial charge in [-0.15, -0.1) is 0 Å². The molecule has 406 valence electrons. The molecule has 2 aliphatic rings. The second-order valence-electron chi connectivity index (χ2n) is 18.8. The number of rotatable bonds is 29. The smallest absolute Gasteiger partial charge is 0.408 e. The van der Waals surface area contributed by atoms with Crippen molar-refractivity contribution in [3.8, 4) is 0 Å². The molecular formula is C49H80N2O20. The van der Waals surface area contributed by atoms with E-state index in [4.69, 9.17) is 52.1 Å². The second kappa shape index (κ2) is 32.1. The highest BCUT2D eigenvalue weighted by Crippen LogP contribution is 2.35. The van der Waals surface area contributed by atoms with E-state index in [2.05, 4.69) is 17.6 Å². The highest BCUT2D eigenvalue weighted by molar-refractivity contribution is 5.86. The number of esters is 7. The number of carbonyl (C=O) groups excluding carboxylic acids is 9. The van der Waals surface area contributed by atoms with Crippen LogP contribution in [-0.4, -0.2) is 140 Å².